The minimum atomic E-state index is 0. The molecule has 0 saturated heterocycles. The number of aromatic nitrogens is 2. The first-order chi connectivity index (χ1) is 3.83. The normalized spacial score (nSPS) is 8.67. The topological polar surface area (TPSA) is 17.8 Å². The van der Waals surface area contributed by atoms with Gasteiger partial charge in [0.25, 0.3) is 0 Å². The summed E-state index contributed by atoms with van der Waals surface area (Å²) in [6.45, 7) is 2.10. The van der Waals surface area contributed by atoms with Crippen LogP contribution in [0.15, 0.2) is 12.5 Å². The maximum absolute atomic E-state index is 4.10. The second-order valence-electron chi connectivity index (χ2n) is 1.88. The van der Waals surface area contributed by atoms with Crippen molar-refractivity contribution in [3.05, 3.63) is 18.2 Å². The van der Waals surface area contributed by atoms with Crippen LogP contribution in [0.1, 0.15) is 20.0 Å². The number of nitrogens with zero attached hydrogens (tertiary/aromatic N) is 2. The van der Waals surface area contributed by atoms with Crippen molar-refractivity contribution in [3.8, 4) is 0 Å². The van der Waals surface area contributed by atoms with Crippen LogP contribution in [-0.2, 0) is 13.5 Å². The highest BCUT2D eigenvalue weighted by Crippen LogP contribution is 1.92. The number of aryl methyl sites for hydroxylation is 2. The first kappa shape index (κ1) is 8.21. The molecule has 2 nitrogen and oxygen atoms in total. The fourth-order valence-electron chi connectivity index (χ4n) is 0.650. The number of hydrogen-bond donors (Lipinski definition) is 0. The Morgan fingerprint density at radius 2 is 2.33 bits per heavy atom. The molecule has 1 aromatic rings. The summed E-state index contributed by atoms with van der Waals surface area (Å²) in [6, 6.07) is 0. The summed E-state index contributed by atoms with van der Waals surface area (Å²) in [5.41, 5.74) is 1.16. The highest BCUT2D eigenvalue weighted by Gasteiger charge is 1.88. The largest absolute Gasteiger partial charge is 0.340 e. The lowest BCUT2D eigenvalue weighted by Gasteiger charge is -1.81. The molecular weight excluding hydrogens is 112 g/mol. The summed E-state index contributed by atoms with van der Waals surface area (Å²) in [6.07, 6.45) is 4.87. The molecule has 2 heteroatoms. The standard InChI is InChI=1S/C6H10N2.CH4/c1-3-6-4-8(2)5-7-6;/h4-5H,3H2,1-2H3;1H4. The monoisotopic (exact) mass is 126 g/mol. The van der Waals surface area contributed by atoms with E-state index in [9.17, 15) is 0 Å². The van der Waals surface area contributed by atoms with E-state index in [0.717, 1.165) is 12.1 Å². The molecule has 0 radical (unpaired) electrons. The molecule has 0 fully saturated rings. The van der Waals surface area contributed by atoms with Gasteiger partial charge >= 0.3 is 0 Å². The molecule has 1 aromatic heterocycles. The second-order valence-corrected chi connectivity index (χ2v) is 1.88. The predicted octanol–water partition coefficient (Wildman–Crippen LogP) is 1.62. The van der Waals surface area contributed by atoms with E-state index >= 15 is 0 Å². The van der Waals surface area contributed by atoms with Crippen LogP contribution in [0.2, 0.25) is 0 Å². The van der Waals surface area contributed by atoms with Crippen molar-refractivity contribution in [2.24, 2.45) is 7.05 Å². The van der Waals surface area contributed by atoms with Crippen molar-refractivity contribution in [1.29, 1.82) is 0 Å². The Hall–Kier alpha value is -0.790. The van der Waals surface area contributed by atoms with Crippen molar-refractivity contribution in [2.45, 2.75) is 20.8 Å². The summed E-state index contributed by atoms with van der Waals surface area (Å²) in [5.74, 6) is 0. The van der Waals surface area contributed by atoms with Crippen LogP contribution in [0.25, 0.3) is 0 Å². The minimum absolute atomic E-state index is 0. The third kappa shape index (κ3) is 1.88. The Balaban J connectivity index is 0.000000640. The molecule has 0 saturated carbocycles. The van der Waals surface area contributed by atoms with Gasteiger partial charge in [-0.15, -0.1) is 0 Å². The molecule has 0 aromatic carbocycles. The van der Waals surface area contributed by atoms with Gasteiger partial charge < -0.3 is 4.57 Å². The second kappa shape index (κ2) is 3.28. The highest BCUT2D eigenvalue weighted by molar-refractivity contribution is 4.94. The van der Waals surface area contributed by atoms with Crippen LogP contribution in [0.5, 0.6) is 0 Å². The number of imidazole rings is 1. The van der Waals surface area contributed by atoms with Gasteiger partial charge in [0.15, 0.2) is 0 Å². The lowest BCUT2D eigenvalue weighted by Crippen LogP contribution is -1.78. The fourth-order valence-corrected chi connectivity index (χ4v) is 0.650. The van der Waals surface area contributed by atoms with E-state index in [2.05, 4.69) is 11.9 Å². The molecule has 0 aliphatic rings. The molecule has 0 aliphatic heterocycles. The lowest BCUT2D eigenvalue weighted by molar-refractivity contribution is 0.912. The molecule has 0 amide bonds. The van der Waals surface area contributed by atoms with Gasteiger partial charge in [0, 0.05) is 13.2 Å². The maximum atomic E-state index is 4.10. The van der Waals surface area contributed by atoms with Gasteiger partial charge in [-0.2, -0.15) is 0 Å². The third-order valence-electron chi connectivity index (χ3n) is 1.12. The number of rotatable bonds is 1. The average Bonchev–Trinajstić information content (AvgIpc) is 2.14. The third-order valence-corrected chi connectivity index (χ3v) is 1.12. The van der Waals surface area contributed by atoms with E-state index < -0.39 is 0 Å². The molecule has 0 unspecified atom stereocenters. The number of hydrogen-bond acceptors (Lipinski definition) is 1. The highest BCUT2D eigenvalue weighted by atomic mass is 15.0. The zero-order valence-corrected chi connectivity index (χ0v) is 5.26. The van der Waals surface area contributed by atoms with E-state index in [-0.39, 0.29) is 7.43 Å². The molecule has 0 aliphatic carbocycles. The summed E-state index contributed by atoms with van der Waals surface area (Å²) < 4.78 is 1.96. The van der Waals surface area contributed by atoms with Crippen LogP contribution in [0.4, 0.5) is 0 Å². The Bertz CT molecular complexity index is 167. The fraction of sp³-hybridized carbons (Fsp3) is 0.571. The summed E-state index contributed by atoms with van der Waals surface area (Å²) >= 11 is 0. The van der Waals surface area contributed by atoms with E-state index in [4.69, 9.17) is 0 Å². The predicted molar refractivity (Wildman–Crippen MR) is 39.3 cm³/mol. The first-order valence-corrected chi connectivity index (χ1v) is 2.79. The zero-order valence-electron chi connectivity index (χ0n) is 5.26. The Labute approximate surface area is 56.5 Å². The summed E-state index contributed by atoms with van der Waals surface area (Å²) in [7, 11) is 1.98. The van der Waals surface area contributed by atoms with Crippen molar-refractivity contribution in [2.75, 3.05) is 0 Å². The average molecular weight is 126 g/mol. The van der Waals surface area contributed by atoms with Crippen molar-refractivity contribution in [1.82, 2.24) is 9.55 Å². The molecular formula is C7H14N2. The lowest BCUT2D eigenvalue weighted by atomic mass is 10.4. The Kier molecular flexibility index (Phi) is 2.99. The van der Waals surface area contributed by atoms with Crippen LogP contribution >= 0.6 is 0 Å². The smallest absolute Gasteiger partial charge is 0.0946 e. The molecule has 0 bridgehead atoms. The van der Waals surface area contributed by atoms with Crippen molar-refractivity contribution >= 4 is 0 Å². The summed E-state index contributed by atoms with van der Waals surface area (Å²) in [5, 5.41) is 0. The van der Waals surface area contributed by atoms with Gasteiger partial charge in [0.05, 0.1) is 12.0 Å². The summed E-state index contributed by atoms with van der Waals surface area (Å²) in [4.78, 5) is 4.10. The van der Waals surface area contributed by atoms with Crippen molar-refractivity contribution in [3.63, 3.8) is 0 Å². The van der Waals surface area contributed by atoms with Gasteiger partial charge in [0.1, 0.15) is 0 Å². The molecule has 0 spiro atoms. The van der Waals surface area contributed by atoms with E-state index in [1.807, 2.05) is 24.1 Å². The van der Waals surface area contributed by atoms with E-state index in [0.29, 0.717) is 0 Å². The molecule has 52 valence electrons. The van der Waals surface area contributed by atoms with Crippen LogP contribution < -0.4 is 0 Å². The van der Waals surface area contributed by atoms with Gasteiger partial charge in [-0.1, -0.05) is 14.4 Å². The van der Waals surface area contributed by atoms with Gasteiger partial charge in [-0.3, -0.25) is 0 Å². The van der Waals surface area contributed by atoms with E-state index in [1.165, 1.54) is 0 Å². The van der Waals surface area contributed by atoms with Crippen LogP contribution in [-0.4, -0.2) is 9.55 Å². The van der Waals surface area contributed by atoms with Crippen LogP contribution in [0, 0.1) is 0 Å². The van der Waals surface area contributed by atoms with Crippen LogP contribution in [0.3, 0.4) is 0 Å². The first-order valence-electron chi connectivity index (χ1n) is 2.79. The molecule has 0 N–H and O–H groups in total. The SMILES string of the molecule is C.CCc1cn(C)cn1. The van der Waals surface area contributed by atoms with Gasteiger partial charge in [-0.25, -0.2) is 4.98 Å². The molecule has 1 heterocycles. The van der Waals surface area contributed by atoms with Crippen molar-refractivity contribution < 1.29 is 0 Å². The quantitative estimate of drug-likeness (QED) is 0.559. The van der Waals surface area contributed by atoms with Gasteiger partial charge in [-0.05, 0) is 6.42 Å². The van der Waals surface area contributed by atoms with E-state index in [1.54, 1.807) is 0 Å². The maximum Gasteiger partial charge on any atom is 0.0946 e. The Morgan fingerprint density at radius 1 is 1.67 bits per heavy atom. The zero-order chi connectivity index (χ0) is 5.98. The minimum Gasteiger partial charge on any atom is -0.340 e. The molecule has 0 atom stereocenters. The molecule has 9 heavy (non-hydrogen) atoms. The van der Waals surface area contributed by atoms with Gasteiger partial charge in [0.2, 0.25) is 0 Å². The Morgan fingerprint density at radius 3 is 2.56 bits per heavy atom. The molecule has 1 rings (SSSR count).